The van der Waals surface area contributed by atoms with Crippen molar-refractivity contribution < 1.29 is 4.79 Å². The predicted octanol–water partition coefficient (Wildman–Crippen LogP) is 4.06. The molecule has 2 heterocycles. The molecule has 1 aromatic rings. The Hall–Kier alpha value is -0.670. The Morgan fingerprint density at radius 1 is 1.37 bits per heavy atom. The quantitative estimate of drug-likeness (QED) is 0.775. The second-order valence-electron chi connectivity index (χ2n) is 6.19. The van der Waals surface area contributed by atoms with E-state index in [4.69, 9.17) is 0 Å². The molecule has 0 atom stereocenters. The second-order valence-corrected chi connectivity index (χ2v) is 7.65. The zero-order chi connectivity index (χ0) is 14.0. The normalized spacial score (nSPS) is 19.6. The molecule has 0 saturated carbocycles. The van der Waals surface area contributed by atoms with E-state index in [0.29, 0.717) is 17.7 Å². The van der Waals surface area contributed by atoms with Gasteiger partial charge in [0.25, 0.3) is 0 Å². The highest BCUT2D eigenvalue weighted by Gasteiger charge is 2.29. The Labute approximate surface area is 120 Å². The fraction of sp³-hybridized carbons (Fsp3) is 0.688. The van der Waals surface area contributed by atoms with Crippen LogP contribution in [0.4, 0.5) is 0 Å². The summed E-state index contributed by atoms with van der Waals surface area (Å²) in [7, 11) is 0. The van der Waals surface area contributed by atoms with E-state index in [0.717, 1.165) is 23.5 Å². The van der Waals surface area contributed by atoms with Crippen LogP contribution in [0.25, 0.3) is 0 Å². The smallest absolute Gasteiger partial charge is 0.177 e. The summed E-state index contributed by atoms with van der Waals surface area (Å²) in [4.78, 5) is 17.1. The number of carbonyl (C=O) groups is 1. The maximum Gasteiger partial charge on any atom is 0.177 e. The first-order chi connectivity index (χ1) is 8.93. The average Bonchev–Trinajstić information content (AvgIpc) is 2.72. The largest absolute Gasteiger partial charge is 0.296 e. The fourth-order valence-electron chi connectivity index (χ4n) is 2.80. The summed E-state index contributed by atoms with van der Waals surface area (Å²) in [6, 6.07) is 2.04. The number of Topliss-reactive ketones (excluding diaryl/α,β-unsaturated/α-hetero) is 1. The number of hydrogen-bond donors (Lipinski definition) is 0. The molecule has 0 radical (unpaired) electrons. The van der Waals surface area contributed by atoms with Crippen LogP contribution in [-0.2, 0) is 0 Å². The van der Waals surface area contributed by atoms with Crippen LogP contribution in [-0.4, -0.2) is 30.3 Å². The summed E-state index contributed by atoms with van der Waals surface area (Å²) in [5.74, 6) is 0.293. The maximum absolute atomic E-state index is 12.3. The number of aryl methyl sites for hydroxylation is 2. The van der Waals surface area contributed by atoms with Gasteiger partial charge in [0.1, 0.15) is 0 Å². The van der Waals surface area contributed by atoms with Crippen LogP contribution in [0.5, 0.6) is 0 Å². The van der Waals surface area contributed by atoms with E-state index in [-0.39, 0.29) is 0 Å². The molecule has 0 spiro atoms. The van der Waals surface area contributed by atoms with Crippen molar-refractivity contribution in [3.8, 4) is 0 Å². The average molecular weight is 279 g/mol. The molecule has 1 aromatic heterocycles. The molecule has 1 fully saturated rings. The number of hydrogen-bond acceptors (Lipinski definition) is 3. The Morgan fingerprint density at radius 2 is 2.00 bits per heavy atom. The van der Waals surface area contributed by atoms with Crippen molar-refractivity contribution in [2.24, 2.45) is 5.41 Å². The first-order valence-corrected chi connectivity index (χ1v) is 8.08. The van der Waals surface area contributed by atoms with Gasteiger partial charge in [-0.25, -0.2) is 0 Å². The number of ketones is 1. The zero-order valence-electron chi connectivity index (χ0n) is 12.6. The lowest BCUT2D eigenvalue weighted by molar-refractivity contribution is 0.0813. The minimum Gasteiger partial charge on any atom is -0.296 e. The SMILES string of the molecule is CCC1(C)CCN(CC(=O)c2cc(C)sc2C)CC1. The molecule has 0 aromatic carbocycles. The Bertz CT molecular complexity index is 455. The van der Waals surface area contributed by atoms with Crippen LogP contribution < -0.4 is 0 Å². The van der Waals surface area contributed by atoms with Crippen molar-refractivity contribution >= 4 is 17.1 Å². The molecule has 106 valence electrons. The van der Waals surface area contributed by atoms with E-state index in [1.165, 1.54) is 24.1 Å². The number of rotatable bonds is 4. The number of carbonyl (C=O) groups excluding carboxylic acids is 1. The van der Waals surface area contributed by atoms with Gasteiger partial charge in [-0.2, -0.15) is 0 Å². The molecule has 2 nitrogen and oxygen atoms in total. The van der Waals surface area contributed by atoms with Crippen LogP contribution in [0, 0.1) is 19.3 Å². The van der Waals surface area contributed by atoms with Gasteiger partial charge >= 0.3 is 0 Å². The van der Waals surface area contributed by atoms with Crippen molar-refractivity contribution in [1.29, 1.82) is 0 Å². The molecule has 0 unspecified atom stereocenters. The third-order valence-corrected chi connectivity index (χ3v) is 5.59. The highest BCUT2D eigenvalue weighted by Crippen LogP contribution is 2.34. The Balaban J connectivity index is 1.93. The summed E-state index contributed by atoms with van der Waals surface area (Å²) in [5, 5.41) is 0. The lowest BCUT2D eigenvalue weighted by Crippen LogP contribution is -2.41. The number of nitrogens with zero attached hydrogens (tertiary/aromatic N) is 1. The molecular weight excluding hydrogens is 254 g/mol. The van der Waals surface area contributed by atoms with E-state index in [1.807, 2.05) is 6.07 Å². The topological polar surface area (TPSA) is 20.3 Å². The van der Waals surface area contributed by atoms with Crippen molar-refractivity contribution in [2.45, 2.75) is 47.0 Å². The molecule has 0 aliphatic carbocycles. The molecule has 19 heavy (non-hydrogen) atoms. The molecule has 1 aliphatic rings. The highest BCUT2D eigenvalue weighted by molar-refractivity contribution is 7.12. The van der Waals surface area contributed by atoms with Gasteiger partial charge in [-0.05, 0) is 51.3 Å². The number of thiophene rings is 1. The lowest BCUT2D eigenvalue weighted by Gasteiger charge is -2.38. The van der Waals surface area contributed by atoms with Crippen molar-refractivity contribution in [3.63, 3.8) is 0 Å². The monoisotopic (exact) mass is 279 g/mol. The van der Waals surface area contributed by atoms with E-state index in [2.05, 4.69) is 32.6 Å². The van der Waals surface area contributed by atoms with E-state index >= 15 is 0 Å². The van der Waals surface area contributed by atoms with Gasteiger partial charge in [0.2, 0.25) is 0 Å². The minimum atomic E-state index is 0.293. The first kappa shape index (κ1) is 14.7. The van der Waals surface area contributed by atoms with Crippen LogP contribution in [0.1, 0.15) is 53.2 Å². The second kappa shape index (κ2) is 5.76. The van der Waals surface area contributed by atoms with Crippen molar-refractivity contribution in [1.82, 2.24) is 4.90 Å². The molecular formula is C16H25NOS. The molecule has 0 bridgehead atoms. The summed E-state index contributed by atoms with van der Waals surface area (Å²) >= 11 is 1.72. The maximum atomic E-state index is 12.3. The summed E-state index contributed by atoms with van der Waals surface area (Å²) < 4.78 is 0. The Kier molecular flexibility index (Phi) is 4.46. The van der Waals surface area contributed by atoms with Crippen LogP contribution in [0.2, 0.25) is 0 Å². The summed E-state index contributed by atoms with van der Waals surface area (Å²) in [5.41, 5.74) is 1.43. The standard InChI is InChI=1S/C16H25NOS/c1-5-16(4)6-8-17(9-7-16)11-15(18)14-10-12(2)19-13(14)3/h10H,5-9,11H2,1-4H3. The molecule has 1 aliphatic heterocycles. The van der Waals surface area contributed by atoms with Gasteiger partial charge in [0.05, 0.1) is 6.54 Å². The van der Waals surface area contributed by atoms with Crippen molar-refractivity contribution in [3.05, 3.63) is 21.4 Å². The van der Waals surface area contributed by atoms with Crippen LogP contribution in [0.3, 0.4) is 0 Å². The Morgan fingerprint density at radius 3 is 2.47 bits per heavy atom. The molecule has 2 rings (SSSR count). The molecule has 0 amide bonds. The molecule has 3 heteroatoms. The predicted molar refractivity (Wildman–Crippen MR) is 82.2 cm³/mol. The van der Waals surface area contributed by atoms with Gasteiger partial charge in [-0.1, -0.05) is 20.3 Å². The van der Waals surface area contributed by atoms with Gasteiger partial charge in [0, 0.05) is 15.3 Å². The van der Waals surface area contributed by atoms with Gasteiger partial charge in [0.15, 0.2) is 5.78 Å². The third kappa shape index (κ3) is 3.46. The molecule has 1 saturated heterocycles. The lowest BCUT2D eigenvalue weighted by atomic mass is 9.78. The minimum absolute atomic E-state index is 0.293. The van der Waals surface area contributed by atoms with Gasteiger partial charge in [-0.3, -0.25) is 9.69 Å². The third-order valence-electron chi connectivity index (χ3n) is 4.63. The summed E-state index contributed by atoms with van der Waals surface area (Å²) in [6.07, 6.45) is 3.69. The van der Waals surface area contributed by atoms with E-state index in [9.17, 15) is 4.79 Å². The fourth-order valence-corrected chi connectivity index (χ4v) is 3.74. The van der Waals surface area contributed by atoms with Crippen LogP contribution in [0.15, 0.2) is 6.07 Å². The number of piperidine rings is 1. The zero-order valence-corrected chi connectivity index (χ0v) is 13.4. The molecule has 0 N–H and O–H groups in total. The van der Waals surface area contributed by atoms with Crippen LogP contribution >= 0.6 is 11.3 Å². The summed E-state index contributed by atoms with van der Waals surface area (Å²) in [6.45, 7) is 11.5. The highest BCUT2D eigenvalue weighted by atomic mass is 32.1. The van der Waals surface area contributed by atoms with Crippen molar-refractivity contribution in [2.75, 3.05) is 19.6 Å². The van der Waals surface area contributed by atoms with E-state index < -0.39 is 0 Å². The van der Waals surface area contributed by atoms with Gasteiger partial charge < -0.3 is 0 Å². The van der Waals surface area contributed by atoms with E-state index in [1.54, 1.807) is 11.3 Å². The first-order valence-electron chi connectivity index (χ1n) is 7.26. The van der Waals surface area contributed by atoms with Gasteiger partial charge in [-0.15, -0.1) is 11.3 Å². The number of likely N-dealkylation sites (tertiary alicyclic amines) is 1.